The summed E-state index contributed by atoms with van der Waals surface area (Å²) in [6, 6.07) is 0. The third-order valence-corrected chi connectivity index (χ3v) is 8.60. The summed E-state index contributed by atoms with van der Waals surface area (Å²) in [4.78, 5) is 11.8. The molecule has 4 aliphatic rings. The molecule has 0 aromatic rings. The van der Waals surface area contributed by atoms with Crippen LogP contribution >= 0.6 is 0 Å². The molecule has 7 atom stereocenters. The highest BCUT2D eigenvalue weighted by Gasteiger charge is 2.58. The average molecular weight is 328 g/mol. The van der Waals surface area contributed by atoms with Crippen molar-refractivity contribution in [2.45, 2.75) is 59.3 Å². The third kappa shape index (κ3) is 2.14. The van der Waals surface area contributed by atoms with Crippen LogP contribution < -0.4 is 0 Å². The van der Waals surface area contributed by atoms with Crippen LogP contribution in [0.25, 0.3) is 0 Å². The summed E-state index contributed by atoms with van der Waals surface area (Å²) in [7, 11) is 0. The number of allylic oxidation sites excluding steroid dienone is 4. The molecule has 0 aromatic carbocycles. The van der Waals surface area contributed by atoms with Crippen molar-refractivity contribution in [3.8, 4) is 0 Å². The Hall–Kier alpha value is -0.890. The SMILES string of the molecule is CC(CO)C1CCC2C3CCC4=CC(=O)C=C[C@]4(C)C3CC[C@]12C. The van der Waals surface area contributed by atoms with E-state index in [0.717, 1.165) is 18.3 Å². The second-order valence-corrected chi connectivity index (χ2v) is 9.49. The minimum absolute atomic E-state index is 0.110. The number of carbonyl (C=O) groups excluding carboxylic acids is 1. The minimum atomic E-state index is 0.110. The molecule has 0 bridgehead atoms. The maximum absolute atomic E-state index is 11.8. The molecule has 5 unspecified atom stereocenters. The predicted octanol–water partition coefficient (Wildman–Crippen LogP) is 4.54. The second kappa shape index (κ2) is 5.56. The zero-order valence-electron chi connectivity index (χ0n) is 15.4. The Balaban J connectivity index is 1.65. The molecule has 3 saturated carbocycles. The first-order valence-corrected chi connectivity index (χ1v) is 9.95. The van der Waals surface area contributed by atoms with E-state index in [1.54, 1.807) is 0 Å². The van der Waals surface area contributed by atoms with Gasteiger partial charge in [0.1, 0.15) is 0 Å². The van der Waals surface area contributed by atoms with Gasteiger partial charge >= 0.3 is 0 Å². The first-order chi connectivity index (χ1) is 11.4. The largest absolute Gasteiger partial charge is 0.396 e. The quantitative estimate of drug-likeness (QED) is 0.808. The summed E-state index contributed by atoms with van der Waals surface area (Å²) in [5.41, 5.74) is 1.91. The van der Waals surface area contributed by atoms with Crippen LogP contribution in [0.5, 0.6) is 0 Å². The van der Waals surface area contributed by atoms with E-state index in [1.807, 2.05) is 12.2 Å². The number of fused-ring (bicyclic) bond motifs is 5. The maximum Gasteiger partial charge on any atom is 0.178 e. The molecule has 3 fully saturated rings. The van der Waals surface area contributed by atoms with Gasteiger partial charge in [0.2, 0.25) is 0 Å². The molecular formula is C22H32O2. The van der Waals surface area contributed by atoms with Crippen LogP contribution in [-0.2, 0) is 4.79 Å². The van der Waals surface area contributed by atoms with E-state index >= 15 is 0 Å². The van der Waals surface area contributed by atoms with Gasteiger partial charge in [0.15, 0.2) is 5.78 Å². The Labute approximate surface area is 146 Å². The molecule has 2 heteroatoms. The van der Waals surface area contributed by atoms with E-state index in [2.05, 4.69) is 26.8 Å². The molecule has 0 aliphatic heterocycles. The molecule has 0 heterocycles. The summed E-state index contributed by atoms with van der Waals surface area (Å²) >= 11 is 0. The molecule has 4 aliphatic carbocycles. The van der Waals surface area contributed by atoms with Crippen LogP contribution in [0, 0.1) is 40.4 Å². The van der Waals surface area contributed by atoms with Crippen LogP contribution in [0.1, 0.15) is 59.3 Å². The summed E-state index contributed by atoms with van der Waals surface area (Å²) in [6.45, 7) is 7.47. The molecule has 2 nitrogen and oxygen atoms in total. The fourth-order valence-corrected chi connectivity index (χ4v) is 7.30. The molecule has 0 amide bonds. The fraction of sp³-hybridized carbons (Fsp3) is 0.773. The Bertz CT molecular complexity index is 603. The molecule has 0 spiro atoms. The second-order valence-electron chi connectivity index (χ2n) is 9.49. The van der Waals surface area contributed by atoms with Crippen LogP contribution in [-0.4, -0.2) is 17.5 Å². The van der Waals surface area contributed by atoms with Crippen molar-refractivity contribution in [1.82, 2.24) is 0 Å². The fourth-order valence-electron chi connectivity index (χ4n) is 7.30. The highest BCUT2D eigenvalue weighted by Crippen LogP contribution is 2.66. The van der Waals surface area contributed by atoms with Crippen LogP contribution in [0.15, 0.2) is 23.8 Å². The lowest BCUT2D eigenvalue weighted by molar-refractivity contribution is -0.111. The van der Waals surface area contributed by atoms with E-state index in [1.165, 1.54) is 37.7 Å². The molecule has 1 N–H and O–H groups in total. The minimum Gasteiger partial charge on any atom is -0.396 e. The zero-order chi connectivity index (χ0) is 17.1. The van der Waals surface area contributed by atoms with Gasteiger partial charge in [0.25, 0.3) is 0 Å². The van der Waals surface area contributed by atoms with Gasteiger partial charge in [-0.2, -0.15) is 0 Å². The monoisotopic (exact) mass is 328 g/mol. The number of rotatable bonds is 2. The van der Waals surface area contributed by atoms with Crippen molar-refractivity contribution in [2.75, 3.05) is 6.61 Å². The van der Waals surface area contributed by atoms with Crippen molar-refractivity contribution in [2.24, 2.45) is 40.4 Å². The molecule has 4 rings (SSSR count). The van der Waals surface area contributed by atoms with Gasteiger partial charge in [-0.1, -0.05) is 32.4 Å². The van der Waals surface area contributed by atoms with Crippen LogP contribution in [0.4, 0.5) is 0 Å². The summed E-state index contributed by atoms with van der Waals surface area (Å²) in [5, 5.41) is 9.70. The maximum atomic E-state index is 11.8. The number of hydrogen-bond donors (Lipinski definition) is 1. The first kappa shape index (κ1) is 16.6. The van der Waals surface area contributed by atoms with Crippen molar-refractivity contribution in [3.05, 3.63) is 23.8 Å². The van der Waals surface area contributed by atoms with E-state index in [9.17, 15) is 9.90 Å². The Morgan fingerprint density at radius 1 is 1.21 bits per heavy atom. The van der Waals surface area contributed by atoms with Gasteiger partial charge in [-0.3, -0.25) is 4.79 Å². The van der Waals surface area contributed by atoms with Crippen molar-refractivity contribution < 1.29 is 9.90 Å². The van der Waals surface area contributed by atoms with E-state index < -0.39 is 0 Å². The topological polar surface area (TPSA) is 37.3 Å². The normalized spacial score (nSPS) is 48.3. The van der Waals surface area contributed by atoms with Crippen LogP contribution in [0.3, 0.4) is 0 Å². The van der Waals surface area contributed by atoms with Gasteiger partial charge in [0, 0.05) is 12.0 Å². The Kier molecular flexibility index (Phi) is 3.84. The lowest BCUT2D eigenvalue weighted by Gasteiger charge is -2.57. The standard InChI is InChI=1S/C22H32O2/c1-14(13-23)18-6-7-19-17-5-4-15-12-16(24)8-10-21(15,2)20(17)9-11-22(18,19)3/h8,10,12,14,17-20,23H,4-7,9,11,13H2,1-3H3/t14?,17?,18?,19?,20?,21-,22+/m0/s1. The summed E-state index contributed by atoms with van der Waals surface area (Å²) < 4.78 is 0. The third-order valence-electron chi connectivity index (χ3n) is 8.60. The Morgan fingerprint density at radius 3 is 2.75 bits per heavy atom. The number of aliphatic hydroxyl groups excluding tert-OH is 1. The Morgan fingerprint density at radius 2 is 2.00 bits per heavy atom. The van der Waals surface area contributed by atoms with E-state index in [-0.39, 0.29) is 11.2 Å². The molecule has 0 radical (unpaired) electrons. The highest BCUT2D eigenvalue weighted by molar-refractivity contribution is 6.01. The lowest BCUT2D eigenvalue weighted by atomic mass is 9.47. The molecule has 132 valence electrons. The van der Waals surface area contributed by atoms with Gasteiger partial charge in [-0.25, -0.2) is 0 Å². The number of ketones is 1. The molecular weight excluding hydrogens is 296 g/mol. The highest BCUT2D eigenvalue weighted by atomic mass is 16.3. The summed E-state index contributed by atoms with van der Waals surface area (Å²) in [6.07, 6.45) is 13.5. The predicted molar refractivity (Wildman–Crippen MR) is 96.4 cm³/mol. The lowest BCUT2D eigenvalue weighted by Crippen LogP contribution is -2.50. The van der Waals surface area contributed by atoms with Crippen molar-refractivity contribution in [1.29, 1.82) is 0 Å². The van der Waals surface area contributed by atoms with Gasteiger partial charge in [-0.05, 0) is 85.7 Å². The molecule has 0 saturated heterocycles. The van der Waals surface area contributed by atoms with Crippen molar-refractivity contribution in [3.63, 3.8) is 0 Å². The molecule has 0 aromatic heterocycles. The van der Waals surface area contributed by atoms with Gasteiger partial charge in [-0.15, -0.1) is 0 Å². The number of hydrogen-bond acceptors (Lipinski definition) is 2. The van der Waals surface area contributed by atoms with Gasteiger partial charge < -0.3 is 5.11 Å². The van der Waals surface area contributed by atoms with Crippen LogP contribution in [0.2, 0.25) is 0 Å². The first-order valence-electron chi connectivity index (χ1n) is 9.95. The average Bonchev–Trinajstić information content (AvgIpc) is 2.92. The summed E-state index contributed by atoms with van der Waals surface area (Å²) in [5.74, 6) is 3.58. The van der Waals surface area contributed by atoms with E-state index in [4.69, 9.17) is 0 Å². The zero-order valence-corrected chi connectivity index (χ0v) is 15.4. The smallest absolute Gasteiger partial charge is 0.178 e. The van der Waals surface area contributed by atoms with E-state index in [0.29, 0.717) is 29.8 Å². The number of carbonyl (C=O) groups is 1. The number of aliphatic hydroxyl groups is 1. The van der Waals surface area contributed by atoms with Crippen molar-refractivity contribution >= 4 is 5.78 Å². The van der Waals surface area contributed by atoms with Gasteiger partial charge in [0.05, 0.1) is 0 Å². The molecule has 24 heavy (non-hydrogen) atoms.